The van der Waals surface area contributed by atoms with Gasteiger partial charge in [-0.25, -0.2) is 0 Å². The first-order chi connectivity index (χ1) is 12.1. The molecule has 0 spiro atoms. The number of hydrogen-bond acceptors (Lipinski definition) is 2. The maximum Gasteiger partial charge on any atom is 0.250 e. The summed E-state index contributed by atoms with van der Waals surface area (Å²) >= 11 is 20.5. The first-order valence-electron chi connectivity index (χ1n) is 6.69. The molecule has 0 bridgehead atoms. The lowest BCUT2D eigenvalue weighted by atomic mass is 9.93. The van der Waals surface area contributed by atoms with Gasteiger partial charge in [0, 0.05) is 38.0 Å². The number of hydrogen-bond donors (Lipinski definition) is 2. The molecule has 2 aromatic carbocycles. The van der Waals surface area contributed by atoms with Gasteiger partial charge < -0.3 is 11.5 Å². The van der Waals surface area contributed by atoms with Crippen LogP contribution in [0, 0.1) is 0 Å². The molecule has 136 valence electrons. The van der Waals surface area contributed by atoms with Crippen LogP contribution in [-0.2, 0) is 9.59 Å². The molecule has 0 saturated carbocycles. The molecule has 0 aliphatic rings. The number of halogens is 6. The Bertz CT molecular complexity index is 894. The predicted octanol–water partition coefficient (Wildman–Crippen LogP) is 6.14. The van der Waals surface area contributed by atoms with Crippen molar-refractivity contribution in [2.45, 2.75) is 0 Å². The van der Waals surface area contributed by atoms with Crippen molar-refractivity contribution in [2.24, 2.45) is 11.5 Å². The lowest BCUT2D eigenvalue weighted by Gasteiger charge is -2.16. The molecule has 4 nitrogen and oxygen atoms in total. The van der Waals surface area contributed by atoms with E-state index in [1.807, 2.05) is 0 Å². The number of primary amides is 2. The molecule has 0 unspecified atom stereocenters. The predicted molar refractivity (Wildman–Crippen MR) is 124 cm³/mol. The van der Waals surface area contributed by atoms with Crippen molar-refractivity contribution in [3.8, 4) is 0 Å². The molecule has 0 fully saturated rings. The molecule has 2 rings (SSSR count). The van der Waals surface area contributed by atoms with Gasteiger partial charge in [0.05, 0.1) is 11.1 Å². The minimum atomic E-state index is -0.778. The van der Waals surface area contributed by atoms with E-state index in [4.69, 9.17) is 11.5 Å². The van der Waals surface area contributed by atoms with Crippen LogP contribution in [0.15, 0.2) is 51.1 Å². The Balaban J connectivity index is 2.97. The fourth-order valence-corrected chi connectivity index (χ4v) is 5.19. The zero-order chi connectivity index (χ0) is 19.8. The number of nitrogens with two attached hydrogens (primary N) is 2. The molecular weight excluding hydrogens is 732 g/mol. The Morgan fingerprint density at radius 3 is 1.15 bits per heavy atom. The van der Waals surface area contributed by atoms with Gasteiger partial charge in [0.2, 0.25) is 11.8 Å². The van der Waals surface area contributed by atoms with Gasteiger partial charge in [-0.1, -0.05) is 12.1 Å². The van der Waals surface area contributed by atoms with E-state index in [0.717, 1.165) is 8.95 Å². The summed E-state index contributed by atoms with van der Waals surface area (Å²) in [5.74, 6) is -1.56. The minimum Gasteiger partial charge on any atom is -0.366 e. The summed E-state index contributed by atoms with van der Waals surface area (Å²) in [6.45, 7) is 0. The van der Waals surface area contributed by atoms with Gasteiger partial charge in [0.15, 0.2) is 0 Å². The zero-order valence-electron chi connectivity index (χ0n) is 12.5. The molecule has 4 N–H and O–H groups in total. The summed E-state index contributed by atoms with van der Waals surface area (Å²) in [4.78, 5) is 24.6. The highest BCUT2D eigenvalue weighted by atomic mass is 79.9. The smallest absolute Gasteiger partial charge is 0.250 e. The average molecular weight is 740 g/mol. The van der Waals surface area contributed by atoms with Crippen LogP contribution >= 0.6 is 95.6 Å². The van der Waals surface area contributed by atoms with Gasteiger partial charge in [-0.2, -0.15) is 0 Å². The van der Waals surface area contributed by atoms with Gasteiger partial charge >= 0.3 is 0 Å². The van der Waals surface area contributed by atoms with E-state index in [9.17, 15) is 9.59 Å². The van der Waals surface area contributed by atoms with E-state index >= 15 is 0 Å². The van der Waals surface area contributed by atoms with Crippen LogP contribution in [0.5, 0.6) is 0 Å². The molecule has 2 amide bonds. The Kier molecular flexibility index (Phi) is 7.72. The van der Waals surface area contributed by atoms with Crippen molar-refractivity contribution in [1.29, 1.82) is 0 Å². The van der Waals surface area contributed by atoms with Crippen molar-refractivity contribution >= 4 is 119 Å². The number of carbonyl (C=O) groups excluding carboxylic acids is 2. The highest BCUT2D eigenvalue weighted by Gasteiger charge is 2.26. The van der Waals surface area contributed by atoms with Crippen LogP contribution in [0.1, 0.15) is 11.1 Å². The molecule has 0 saturated heterocycles. The minimum absolute atomic E-state index is 0.00694. The van der Waals surface area contributed by atoms with Crippen LogP contribution in [0.3, 0.4) is 0 Å². The van der Waals surface area contributed by atoms with E-state index < -0.39 is 11.8 Å². The molecule has 0 atom stereocenters. The maximum absolute atomic E-state index is 12.3. The number of benzene rings is 2. The second kappa shape index (κ2) is 9.00. The van der Waals surface area contributed by atoms with E-state index in [2.05, 4.69) is 95.6 Å². The number of carbonyl (C=O) groups is 2. The molecule has 0 aromatic heterocycles. The maximum atomic E-state index is 12.3. The largest absolute Gasteiger partial charge is 0.366 e. The molecular formula is C16H8Br6N2O2. The fraction of sp³-hybridized carbons (Fsp3) is 0. The highest BCUT2D eigenvalue weighted by Crippen LogP contribution is 2.42. The molecule has 0 aliphatic heterocycles. The van der Waals surface area contributed by atoms with Crippen LogP contribution < -0.4 is 11.5 Å². The number of rotatable bonds is 4. The SMILES string of the molecule is NC(=O)/C(=C(/C(N)=O)c1ccc(Br)c(Br)c1Br)c1ccc(Br)c(Br)c1Br. The quantitative estimate of drug-likeness (QED) is 0.224. The van der Waals surface area contributed by atoms with Gasteiger partial charge in [-0.3, -0.25) is 9.59 Å². The third kappa shape index (κ3) is 4.35. The van der Waals surface area contributed by atoms with Crippen LogP contribution in [0.4, 0.5) is 0 Å². The molecule has 0 heterocycles. The van der Waals surface area contributed by atoms with E-state index in [1.165, 1.54) is 0 Å². The third-order valence-corrected chi connectivity index (χ3v) is 10.1. The lowest BCUT2D eigenvalue weighted by molar-refractivity contribution is -0.114. The molecule has 10 heteroatoms. The van der Waals surface area contributed by atoms with Crippen LogP contribution in [0.25, 0.3) is 11.1 Å². The van der Waals surface area contributed by atoms with Gasteiger partial charge in [-0.15, -0.1) is 0 Å². The van der Waals surface area contributed by atoms with Crippen LogP contribution in [0.2, 0.25) is 0 Å². The molecule has 0 aliphatic carbocycles. The van der Waals surface area contributed by atoms with Gasteiger partial charge in [0.1, 0.15) is 0 Å². The summed E-state index contributed by atoms with van der Waals surface area (Å²) < 4.78 is 4.01. The van der Waals surface area contributed by atoms with Crippen molar-refractivity contribution in [3.63, 3.8) is 0 Å². The summed E-state index contributed by atoms with van der Waals surface area (Å²) in [6, 6.07) is 6.81. The van der Waals surface area contributed by atoms with E-state index in [1.54, 1.807) is 24.3 Å². The Hall–Kier alpha value is 0.000000000000000222. The van der Waals surface area contributed by atoms with Gasteiger partial charge in [0.25, 0.3) is 0 Å². The summed E-state index contributed by atoms with van der Waals surface area (Å²) in [7, 11) is 0. The molecule has 2 aromatic rings. The zero-order valence-corrected chi connectivity index (χ0v) is 22.1. The lowest BCUT2D eigenvalue weighted by Crippen LogP contribution is -2.22. The first-order valence-corrected chi connectivity index (χ1v) is 11.4. The Morgan fingerprint density at radius 2 is 0.885 bits per heavy atom. The fourth-order valence-electron chi connectivity index (χ4n) is 2.22. The topological polar surface area (TPSA) is 86.2 Å². The summed E-state index contributed by atoms with van der Waals surface area (Å²) in [5, 5.41) is 0. The summed E-state index contributed by atoms with van der Waals surface area (Å²) in [6.07, 6.45) is 0. The van der Waals surface area contributed by atoms with Gasteiger partial charge in [-0.05, 0) is 108 Å². The van der Waals surface area contributed by atoms with Crippen molar-refractivity contribution < 1.29 is 9.59 Å². The second-order valence-corrected chi connectivity index (χ2v) is 9.80. The van der Waals surface area contributed by atoms with Crippen molar-refractivity contribution in [1.82, 2.24) is 0 Å². The second-order valence-electron chi connectivity index (χ2n) is 4.92. The average Bonchev–Trinajstić information content (AvgIpc) is 2.57. The Labute approximate surface area is 199 Å². The highest BCUT2D eigenvalue weighted by molar-refractivity contribution is 9.15. The number of amides is 2. The third-order valence-electron chi connectivity index (χ3n) is 3.35. The van der Waals surface area contributed by atoms with Crippen molar-refractivity contribution in [3.05, 3.63) is 62.2 Å². The van der Waals surface area contributed by atoms with E-state index in [0.29, 0.717) is 29.0 Å². The molecule has 0 radical (unpaired) electrons. The summed E-state index contributed by atoms with van der Waals surface area (Å²) in [5.41, 5.74) is 12.2. The normalized spacial score (nSPS) is 11.9. The van der Waals surface area contributed by atoms with Crippen LogP contribution in [-0.4, -0.2) is 11.8 Å². The first kappa shape index (κ1) is 22.3. The van der Waals surface area contributed by atoms with Crippen molar-refractivity contribution in [2.75, 3.05) is 0 Å². The monoisotopic (exact) mass is 734 g/mol. The molecule has 26 heavy (non-hydrogen) atoms. The van der Waals surface area contributed by atoms with E-state index in [-0.39, 0.29) is 11.1 Å². The Morgan fingerprint density at radius 1 is 0.577 bits per heavy atom. The standard InChI is InChI=1S/C16H8Br6N2O2/c17-7-3-1-5(11(19)13(7)21)9(15(23)25)10(16(24)26)6-2-4-8(18)14(22)12(6)20/h1-4H,(H2,23,25)(H2,24,26)/b10-9+.